The van der Waals surface area contributed by atoms with Gasteiger partial charge in [-0.25, -0.2) is 0 Å². The van der Waals surface area contributed by atoms with Crippen molar-refractivity contribution in [3.63, 3.8) is 0 Å². The number of carbonyl (C=O) groups excluding carboxylic acids is 1. The van der Waals surface area contributed by atoms with Crippen molar-refractivity contribution in [2.45, 2.75) is 26.8 Å². The topological polar surface area (TPSA) is 52.2 Å². The van der Waals surface area contributed by atoms with Gasteiger partial charge in [0.15, 0.2) is 0 Å². The van der Waals surface area contributed by atoms with Gasteiger partial charge in [0.1, 0.15) is 0 Å². The molecule has 2 aromatic rings. The summed E-state index contributed by atoms with van der Waals surface area (Å²) in [6.07, 6.45) is 0. The third-order valence-electron chi connectivity index (χ3n) is 6.03. The summed E-state index contributed by atoms with van der Waals surface area (Å²) >= 11 is 0. The van der Waals surface area contributed by atoms with Crippen LogP contribution in [0, 0.1) is 32.6 Å². The normalized spacial score (nSPS) is 26.2. The Morgan fingerprint density at radius 3 is 2.60 bits per heavy atom. The number of benzene rings is 1. The Morgan fingerprint density at radius 2 is 1.92 bits per heavy atom. The minimum absolute atomic E-state index is 0.129. The van der Waals surface area contributed by atoms with E-state index in [-0.39, 0.29) is 5.91 Å². The number of fused-ring (bicyclic) bond motifs is 1. The van der Waals surface area contributed by atoms with Crippen LogP contribution in [-0.2, 0) is 0 Å². The summed E-state index contributed by atoms with van der Waals surface area (Å²) in [4.78, 5) is 17.5. The van der Waals surface area contributed by atoms with Crippen LogP contribution in [0.5, 0.6) is 0 Å². The maximum absolute atomic E-state index is 13.0. The highest BCUT2D eigenvalue weighted by Gasteiger charge is 2.47. The predicted octanol–water partition coefficient (Wildman–Crippen LogP) is 2.71. The molecule has 4 rings (SSSR count). The maximum atomic E-state index is 13.0. The van der Waals surface area contributed by atoms with Crippen molar-refractivity contribution in [3.05, 3.63) is 52.3 Å². The predicted molar refractivity (Wildman–Crippen MR) is 97.5 cm³/mol. The summed E-state index contributed by atoms with van der Waals surface area (Å²) < 4.78 is 0. The molecule has 25 heavy (non-hydrogen) atoms. The molecule has 2 fully saturated rings. The first-order chi connectivity index (χ1) is 12.0. The highest BCUT2D eigenvalue weighted by atomic mass is 16.2. The first-order valence-corrected chi connectivity index (χ1v) is 9.04. The SMILES string of the molecule is Cc1ccccc1[C@@H]1[C@@H]2CN(C(=O)c3c(C)n[nH]c3C)C[C@@H]2CN1C. The minimum atomic E-state index is 0.129. The summed E-state index contributed by atoms with van der Waals surface area (Å²) in [5, 5.41) is 7.12. The third kappa shape index (κ3) is 2.58. The lowest BCUT2D eigenvalue weighted by Gasteiger charge is -2.28. The fraction of sp³-hybridized carbons (Fsp3) is 0.500. The Balaban J connectivity index is 1.60. The molecule has 3 heterocycles. The summed E-state index contributed by atoms with van der Waals surface area (Å²) in [6, 6.07) is 9.05. The standard InChI is InChI=1S/C20H26N4O/c1-12-7-5-6-8-16(12)19-17-11-24(10-15(17)9-23(19)4)20(25)18-13(2)21-22-14(18)3/h5-8,15,17,19H,9-11H2,1-4H3,(H,21,22)/t15-,17+,19+/m0/s1. The van der Waals surface area contributed by atoms with E-state index in [1.54, 1.807) is 0 Å². The van der Waals surface area contributed by atoms with Crippen LogP contribution in [-0.4, -0.2) is 52.6 Å². The van der Waals surface area contributed by atoms with E-state index >= 15 is 0 Å². The summed E-state index contributed by atoms with van der Waals surface area (Å²) in [6.45, 7) is 8.74. The molecule has 0 bridgehead atoms. The van der Waals surface area contributed by atoms with Gasteiger partial charge in [0.05, 0.1) is 11.3 Å². The first-order valence-electron chi connectivity index (χ1n) is 9.04. The van der Waals surface area contributed by atoms with Gasteiger partial charge in [-0.15, -0.1) is 0 Å². The van der Waals surface area contributed by atoms with E-state index in [0.29, 0.717) is 17.9 Å². The molecule has 0 radical (unpaired) electrons. The van der Waals surface area contributed by atoms with Gasteiger partial charge in [-0.05, 0) is 44.9 Å². The lowest BCUT2D eigenvalue weighted by molar-refractivity contribution is 0.0766. The summed E-state index contributed by atoms with van der Waals surface area (Å²) in [5.41, 5.74) is 5.16. The number of aromatic nitrogens is 2. The van der Waals surface area contributed by atoms with Crippen molar-refractivity contribution >= 4 is 5.91 Å². The molecule has 0 aliphatic carbocycles. The fourth-order valence-electron chi connectivity index (χ4n) is 4.83. The average molecular weight is 338 g/mol. The van der Waals surface area contributed by atoms with E-state index in [2.05, 4.69) is 53.3 Å². The molecular weight excluding hydrogens is 312 g/mol. The van der Waals surface area contributed by atoms with E-state index in [1.807, 2.05) is 18.7 Å². The lowest BCUT2D eigenvalue weighted by Crippen LogP contribution is -2.34. The number of carbonyl (C=O) groups is 1. The van der Waals surface area contributed by atoms with E-state index in [4.69, 9.17) is 0 Å². The van der Waals surface area contributed by atoms with Crippen LogP contribution in [0.4, 0.5) is 0 Å². The lowest BCUT2D eigenvalue weighted by atomic mass is 9.88. The number of amides is 1. The van der Waals surface area contributed by atoms with E-state index in [9.17, 15) is 4.79 Å². The largest absolute Gasteiger partial charge is 0.338 e. The number of aromatic amines is 1. The van der Waals surface area contributed by atoms with Crippen LogP contribution >= 0.6 is 0 Å². The van der Waals surface area contributed by atoms with Gasteiger partial charge >= 0.3 is 0 Å². The second kappa shape index (κ2) is 5.99. The number of nitrogens with zero attached hydrogens (tertiary/aromatic N) is 3. The zero-order chi connectivity index (χ0) is 17.7. The average Bonchev–Trinajstić information content (AvgIpc) is 3.21. The van der Waals surface area contributed by atoms with E-state index in [0.717, 1.165) is 36.6 Å². The highest BCUT2D eigenvalue weighted by Crippen LogP contribution is 2.45. The molecule has 2 aliphatic heterocycles. The van der Waals surface area contributed by atoms with Crippen molar-refractivity contribution in [1.29, 1.82) is 0 Å². The molecule has 1 aromatic heterocycles. The smallest absolute Gasteiger partial charge is 0.257 e. The van der Waals surface area contributed by atoms with Crippen LogP contribution in [0.2, 0.25) is 0 Å². The number of likely N-dealkylation sites (tertiary alicyclic amines) is 2. The van der Waals surface area contributed by atoms with Crippen LogP contribution in [0.3, 0.4) is 0 Å². The molecule has 132 valence electrons. The number of H-pyrrole nitrogens is 1. The van der Waals surface area contributed by atoms with Crippen molar-refractivity contribution in [2.24, 2.45) is 11.8 Å². The van der Waals surface area contributed by atoms with Crippen molar-refractivity contribution in [1.82, 2.24) is 20.0 Å². The second-order valence-corrected chi connectivity index (χ2v) is 7.68. The monoisotopic (exact) mass is 338 g/mol. The van der Waals surface area contributed by atoms with Gasteiger partial charge < -0.3 is 4.90 Å². The summed E-state index contributed by atoms with van der Waals surface area (Å²) in [7, 11) is 2.21. The van der Waals surface area contributed by atoms with Gasteiger partial charge in [0.2, 0.25) is 0 Å². The number of hydrogen-bond donors (Lipinski definition) is 1. The van der Waals surface area contributed by atoms with Crippen molar-refractivity contribution in [3.8, 4) is 0 Å². The van der Waals surface area contributed by atoms with Crippen LogP contribution in [0.15, 0.2) is 24.3 Å². The molecule has 0 unspecified atom stereocenters. The molecule has 5 heteroatoms. The van der Waals surface area contributed by atoms with Crippen LogP contribution in [0.1, 0.15) is 38.9 Å². The molecule has 1 amide bonds. The highest BCUT2D eigenvalue weighted by molar-refractivity contribution is 5.96. The van der Waals surface area contributed by atoms with E-state index < -0.39 is 0 Å². The molecule has 1 aromatic carbocycles. The third-order valence-corrected chi connectivity index (χ3v) is 6.03. The van der Waals surface area contributed by atoms with Gasteiger partial charge in [0.25, 0.3) is 5.91 Å². The quantitative estimate of drug-likeness (QED) is 0.916. The van der Waals surface area contributed by atoms with Gasteiger partial charge in [-0.2, -0.15) is 5.10 Å². The number of nitrogens with one attached hydrogen (secondary N) is 1. The molecule has 3 atom stereocenters. The molecule has 2 saturated heterocycles. The van der Waals surface area contributed by atoms with Gasteiger partial charge in [-0.3, -0.25) is 14.8 Å². The Labute approximate surface area is 149 Å². The maximum Gasteiger partial charge on any atom is 0.257 e. The van der Waals surface area contributed by atoms with Crippen molar-refractivity contribution in [2.75, 3.05) is 26.7 Å². The Bertz CT molecular complexity index is 792. The van der Waals surface area contributed by atoms with Gasteiger partial charge in [-0.1, -0.05) is 24.3 Å². The minimum Gasteiger partial charge on any atom is -0.338 e. The summed E-state index contributed by atoms with van der Waals surface area (Å²) in [5.74, 6) is 1.18. The zero-order valence-corrected chi connectivity index (χ0v) is 15.4. The number of rotatable bonds is 2. The molecule has 5 nitrogen and oxygen atoms in total. The second-order valence-electron chi connectivity index (χ2n) is 7.68. The van der Waals surface area contributed by atoms with Gasteiger partial charge in [0, 0.05) is 37.3 Å². The Hall–Kier alpha value is -2.14. The van der Waals surface area contributed by atoms with Crippen LogP contribution < -0.4 is 0 Å². The molecule has 0 saturated carbocycles. The molecule has 2 aliphatic rings. The Kier molecular flexibility index (Phi) is 3.91. The molecular formula is C20H26N4O. The number of hydrogen-bond acceptors (Lipinski definition) is 3. The number of aryl methyl sites for hydroxylation is 3. The molecule has 1 N–H and O–H groups in total. The molecule has 0 spiro atoms. The Morgan fingerprint density at radius 1 is 1.16 bits per heavy atom. The fourth-order valence-corrected chi connectivity index (χ4v) is 4.83. The van der Waals surface area contributed by atoms with Crippen LogP contribution in [0.25, 0.3) is 0 Å². The first kappa shape index (κ1) is 16.3. The van der Waals surface area contributed by atoms with Crippen molar-refractivity contribution < 1.29 is 4.79 Å². The zero-order valence-electron chi connectivity index (χ0n) is 15.4. The van der Waals surface area contributed by atoms with E-state index in [1.165, 1.54) is 11.1 Å².